The van der Waals surface area contributed by atoms with Crippen LogP contribution in [0.15, 0.2) is 18.2 Å². The minimum absolute atomic E-state index is 0.115. The Kier molecular flexibility index (Phi) is 4.19. The van der Waals surface area contributed by atoms with E-state index in [-0.39, 0.29) is 31.7 Å². The zero-order valence-corrected chi connectivity index (χ0v) is 10.6. The van der Waals surface area contributed by atoms with Crippen molar-refractivity contribution in [3.8, 4) is 11.5 Å². The molecule has 2 amide bonds. The van der Waals surface area contributed by atoms with Crippen molar-refractivity contribution in [2.75, 3.05) is 32.2 Å². The van der Waals surface area contributed by atoms with Crippen LogP contribution in [0.25, 0.3) is 0 Å². The maximum Gasteiger partial charge on any atom is 0.279 e. The van der Waals surface area contributed by atoms with E-state index >= 15 is 0 Å². The smallest absolute Gasteiger partial charge is 0.279 e. The number of ether oxygens (including phenoxy) is 2. The fourth-order valence-corrected chi connectivity index (χ4v) is 1.62. The van der Waals surface area contributed by atoms with Gasteiger partial charge in [-0.1, -0.05) is 0 Å². The summed E-state index contributed by atoms with van der Waals surface area (Å²) in [5.74, 6) is 0.995. The van der Waals surface area contributed by atoms with Crippen LogP contribution in [0.1, 0.15) is 0 Å². The summed E-state index contributed by atoms with van der Waals surface area (Å²) in [6, 6.07) is 5.19. The molecule has 1 heterocycles. The summed E-state index contributed by atoms with van der Waals surface area (Å²) in [5, 5.41) is 6.84. The molecule has 7 heteroatoms. The molecule has 1 aliphatic heterocycles. The van der Waals surface area contributed by atoms with E-state index in [4.69, 9.17) is 9.47 Å². The van der Waals surface area contributed by atoms with Crippen LogP contribution in [0.2, 0.25) is 0 Å². The minimum atomic E-state index is -0.178. The predicted octanol–water partition coefficient (Wildman–Crippen LogP) is -1.34. The monoisotopic (exact) mass is 266 g/mol. The number of fused-ring (bicyclic) bond motifs is 1. The van der Waals surface area contributed by atoms with Crippen LogP contribution in [-0.4, -0.2) is 38.7 Å². The van der Waals surface area contributed by atoms with Crippen molar-refractivity contribution >= 4 is 17.5 Å². The molecule has 1 aromatic carbocycles. The molecule has 0 radical (unpaired) electrons. The van der Waals surface area contributed by atoms with Gasteiger partial charge >= 0.3 is 0 Å². The van der Waals surface area contributed by atoms with E-state index in [9.17, 15) is 9.59 Å². The Morgan fingerprint density at radius 2 is 1.95 bits per heavy atom. The van der Waals surface area contributed by atoms with Crippen LogP contribution in [0.5, 0.6) is 11.5 Å². The Morgan fingerprint density at radius 1 is 1.21 bits per heavy atom. The first kappa shape index (κ1) is 13.2. The molecule has 2 rings (SSSR count). The largest absolute Gasteiger partial charge is 0.454 e. The normalized spacial score (nSPS) is 12.1. The molecule has 7 nitrogen and oxygen atoms in total. The van der Waals surface area contributed by atoms with E-state index in [1.165, 1.54) is 0 Å². The van der Waals surface area contributed by atoms with Crippen molar-refractivity contribution in [3.05, 3.63) is 18.2 Å². The molecule has 1 aromatic rings. The standard InChI is InChI=1S/C12H15N3O4/c1-13-11(16)5-14-6-12(17)15-8-2-3-9-10(4-8)19-7-18-9/h2-4,14H,5-7H2,1H3,(H,13,16)(H,15,17)/p+1. The van der Waals surface area contributed by atoms with E-state index < -0.39 is 0 Å². The van der Waals surface area contributed by atoms with Gasteiger partial charge in [0.05, 0.1) is 0 Å². The zero-order valence-electron chi connectivity index (χ0n) is 10.6. The van der Waals surface area contributed by atoms with Crippen LogP contribution in [0, 0.1) is 0 Å². The van der Waals surface area contributed by atoms with Crippen LogP contribution in [0.3, 0.4) is 0 Å². The van der Waals surface area contributed by atoms with E-state index in [2.05, 4.69) is 10.6 Å². The molecule has 0 aliphatic carbocycles. The van der Waals surface area contributed by atoms with Crippen LogP contribution >= 0.6 is 0 Å². The second-order valence-electron chi connectivity index (χ2n) is 3.99. The lowest BCUT2D eigenvalue weighted by Crippen LogP contribution is -2.88. The summed E-state index contributed by atoms with van der Waals surface area (Å²) < 4.78 is 10.4. The van der Waals surface area contributed by atoms with Gasteiger partial charge in [0.1, 0.15) is 0 Å². The van der Waals surface area contributed by atoms with E-state index in [1.807, 2.05) is 0 Å². The van der Waals surface area contributed by atoms with Gasteiger partial charge in [-0.2, -0.15) is 0 Å². The summed E-state index contributed by atoms with van der Waals surface area (Å²) in [4.78, 5) is 22.6. The third-order valence-electron chi connectivity index (χ3n) is 2.59. The number of nitrogens with two attached hydrogens (primary N) is 1. The van der Waals surface area contributed by atoms with Crippen molar-refractivity contribution in [3.63, 3.8) is 0 Å². The molecule has 0 atom stereocenters. The summed E-state index contributed by atoms with van der Waals surface area (Å²) in [5.41, 5.74) is 0.641. The summed E-state index contributed by atoms with van der Waals surface area (Å²) in [6.45, 7) is 0.611. The Morgan fingerprint density at radius 3 is 2.74 bits per heavy atom. The van der Waals surface area contributed by atoms with Crippen molar-refractivity contribution in [1.82, 2.24) is 5.32 Å². The summed E-state index contributed by atoms with van der Waals surface area (Å²) in [7, 11) is 1.56. The van der Waals surface area contributed by atoms with Gasteiger partial charge in [0, 0.05) is 18.8 Å². The average molecular weight is 266 g/mol. The highest BCUT2D eigenvalue weighted by molar-refractivity contribution is 5.91. The topological polar surface area (TPSA) is 93.3 Å². The lowest BCUT2D eigenvalue weighted by molar-refractivity contribution is -0.632. The Labute approximate surface area is 110 Å². The van der Waals surface area contributed by atoms with Gasteiger partial charge in [0.25, 0.3) is 11.8 Å². The molecule has 0 aromatic heterocycles. The van der Waals surface area contributed by atoms with Gasteiger partial charge in [-0.25, -0.2) is 0 Å². The lowest BCUT2D eigenvalue weighted by Gasteiger charge is -2.05. The molecule has 0 fully saturated rings. The molecule has 0 unspecified atom stereocenters. The van der Waals surface area contributed by atoms with Crippen LogP contribution < -0.4 is 25.4 Å². The van der Waals surface area contributed by atoms with Gasteiger partial charge < -0.3 is 25.4 Å². The average Bonchev–Trinajstić information content (AvgIpc) is 2.85. The summed E-state index contributed by atoms with van der Waals surface area (Å²) in [6.07, 6.45) is 0. The highest BCUT2D eigenvalue weighted by Gasteiger charge is 2.14. The predicted molar refractivity (Wildman–Crippen MR) is 66.9 cm³/mol. The van der Waals surface area contributed by atoms with E-state index in [1.54, 1.807) is 30.6 Å². The Hall–Kier alpha value is -2.28. The molecular weight excluding hydrogens is 250 g/mol. The molecule has 0 saturated heterocycles. The van der Waals surface area contributed by atoms with Crippen molar-refractivity contribution in [1.29, 1.82) is 0 Å². The first-order valence-electron chi connectivity index (χ1n) is 5.91. The third-order valence-corrected chi connectivity index (χ3v) is 2.59. The zero-order chi connectivity index (χ0) is 13.7. The molecule has 19 heavy (non-hydrogen) atoms. The van der Waals surface area contributed by atoms with Gasteiger partial charge in [-0.3, -0.25) is 9.59 Å². The van der Waals surface area contributed by atoms with E-state index in [0.717, 1.165) is 0 Å². The number of nitrogens with one attached hydrogen (secondary N) is 2. The molecule has 102 valence electrons. The van der Waals surface area contributed by atoms with Crippen LogP contribution in [-0.2, 0) is 9.59 Å². The number of carbonyl (C=O) groups excluding carboxylic acids is 2. The Bertz CT molecular complexity index is 490. The summed E-state index contributed by atoms with van der Waals surface area (Å²) >= 11 is 0. The number of benzene rings is 1. The molecule has 4 N–H and O–H groups in total. The molecular formula is C12H16N3O4+. The maximum absolute atomic E-state index is 11.6. The minimum Gasteiger partial charge on any atom is -0.454 e. The van der Waals surface area contributed by atoms with Gasteiger partial charge in [-0.15, -0.1) is 0 Å². The number of rotatable bonds is 5. The first-order valence-corrected chi connectivity index (χ1v) is 5.91. The molecule has 0 bridgehead atoms. The number of hydrogen-bond donors (Lipinski definition) is 3. The van der Waals surface area contributed by atoms with Crippen molar-refractivity contribution in [2.45, 2.75) is 0 Å². The SMILES string of the molecule is CNC(=O)C[NH2+]CC(=O)Nc1ccc2c(c1)OCO2. The van der Waals surface area contributed by atoms with Gasteiger partial charge in [0.2, 0.25) is 6.79 Å². The number of likely N-dealkylation sites (N-methyl/N-ethyl adjacent to an activating group) is 1. The second-order valence-corrected chi connectivity index (χ2v) is 3.99. The molecule has 0 saturated carbocycles. The highest BCUT2D eigenvalue weighted by Crippen LogP contribution is 2.34. The molecule has 0 spiro atoms. The number of anilines is 1. The first-order chi connectivity index (χ1) is 9.19. The van der Waals surface area contributed by atoms with Crippen LogP contribution in [0.4, 0.5) is 5.69 Å². The maximum atomic E-state index is 11.6. The second kappa shape index (κ2) is 6.05. The van der Waals surface area contributed by atoms with Crippen molar-refractivity contribution < 1.29 is 24.4 Å². The number of amides is 2. The number of quaternary nitrogens is 1. The quantitative estimate of drug-likeness (QED) is 0.615. The van der Waals surface area contributed by atoms with Gasteiger partial charge in [-0.05, 0) is 12.1 Å². The fraction of sp³-hybridized carbons (Fsp3) is 0.333. The molecule has 1 aliphatic rings. The highest BCUT2D eigenvalue weighted by atomic mass is 16.7. The van der Waals surface area contributed by atoms with E-state index in [0.29, 0.717) is 17.2 Å². The lowest BCUT2D eigenvalue weighted by atomic mass is 10.3. The Balaban J connectivity index is 1.80. The number of hydrogen-bond acceptors (Lipinski definition) is 4. The fourth-order valence-electron chi connectivity index (χ4n) is 1.62. The van der Waals surface area contributed by atoms with Crippen molar-refractivity contribution in [2.24, 2.45) is 0 Å². The number of carbonyl (C=O) groups is 2. The van der Waals surface area contributed by atoms with Gasteiger partial charge in [0.15, 0.2) is 24.6 Å². The third kappa shape index (κ3) is 3.59.